The zero-order valence-electron chi connectivity index (χ0n) is 11.8. The Morgan fingerprint density at radius 3 is 2.43 bits per heavy atom. The van der Waals surface area contributed by atoms with Gasteiger partial charge in [0.2, 0.25) is 0 Å². The van der Waals surface area contributed by atoms with E-state index >= 15 is 0 Å². The van der Waals surface area contributed by atoms with Crippen LogP contribution in [-0.2, 0) is 4.74 Å². The van der Waals surface area contributed by atoms with Gasteiger partial charge in [0.15, 0.2) is 0 Å². The molecular formula is C17H14O3S. The molecule has 0 aliphatic heterocycles. The van der Waals surface area contributed by atoms with E-state index in [1.807, 2.05) is 36.4 Å². The normalized spacial score (nSPS) is 10.6. The zero-order valence-corrected chi connectivity index (χ0v) is 12.6. The van der Waals surface area contributed by atoms with Crippen LogP contribution in [0.1, 0.15) is 10.4 Å². The first-order valence-corrected chi connectivity index (χ1v) is 7.29. The van der Waals surface area contributed by atoms with Gasteiger partial charge in [0.05, 0.1) is 19.8 Å². The molecule has 0 N–H and O–H groups in total. The highest BCUT2D eigenvalue weighted by molar-refractivity contribution is 7.22. The van der Waals surface area contributed by atoms with E-state index in [0.717, 1.165) is 26.3 Å². The minimum Gasteiger partial charge on any atom is -0.497 e. The highest BCUT2D eigenvalue weighted by Gasteiger charge is 2.09. The van der Waals surface area contributed by atoms with E-state index in [4.69, 9.17) is 9.47 Å². The van der Waals surface area contributed by atoms with E-state index in [1.54, 1.807) is 24.5 Å². The summed E-state index contributed by atoms with van der Waals surface area (Å²) < 4.78 is 11.0. The molecule has 0 atom stereocenters. The van der Waals surface area contributed by atoms with Crippen molar-refractivity contribution in [3.8, 4) is 16.2 Å². The molecule has 3 rings (SSSR count). The van der Waals surface area contributed by atoms with Gasteiger partial charge in [0.1, 0.15) is 5.75 Å². The molecule has 1 aromatic heterocycles. The molecule has 0 saturated carbocycles. The van der Waals surface area contributed by atoms with Gasteiger partial charge in [-0.2, -0.15) is 0 Å². The predicted octanol–water partition coefficient (Wildman–Crippen LogP) is 4.36. The van der Waals surface area contributed by atoms with Gasteiger partial charge < -0.3 is 9.47 Å². The molecular weight excluding hydrogens is 284 g/mol. The van der Waals surface area contributed by atoms with Crippen LogP contribution >= 0.6 is 11.3 Å². The Kier molecular flexibility index (Phi) is 3.62. The summed E-state index contributed by atoms with van der Waals surface area (Å²) in [5.41, 5.74) is 1.71. The van der Waals surface area contributed by atoms with Gasteiger partial charge >= 0.3 is 5.97 Å². The van der Waals surface area contributed by atoms with Crippen LogP contribution in [0.4, 0.5) is 0 Å². The molecule has 0 unspecified atom stereocenters. The third-order valence-corrected chi connectivity index (χ3v) is 4.46. The molecule has 3 nitrogen and oxygen atoms in total. The lowest BCUT2D eigenvalue weighted by Gasteiger charge is -2.00. The molecule has 0 fully saturated rings. The van der Waals surface area contributed by atoms with Crippen molar-refractivity contribution < 1.29 is 14.3 Å². The van der Waals surface area contributed by atoms with E-state index in [0.29, 0.717) is 5.56 Å². The Bertz CT molecular complexity index is 787. The Hall–Kier alpha value is -2.33. The van der Waals surface area contributed by atoms with Crippen LogP contribution in [0.5, 0.6) is 5.75 Å². The van der Waals surface area contributed by atoms with Crippen molar-refractivity contribution in [3.05, 3.63) is 54.1 Å². The number of esters is 1. The van der Waals surface area contributed by atoms with Gasteiger partial charge in [-0.15, -0.1) is 11.3 Å². The average molecular weight is 298 g/mol. The summed E-state index contributed by atoms with van der Waals surface area (Å²) in [6, 6.07) is 15.7. The molecule has 2 aromatic carbocycles. The molecule has 1 heterocycles. The molecule has 3 aromatic rings. The summed E-state index contributed by atoms with van der Waals surface area (Å²) >= 11 is 1.66. The van der Waals surface area contributed by atoms with Crippen molar-refractivity contribution in [3.63, 3.8) is 0 Å². The number of hydrogen-bond acceptors (Lipinski definition) is 4. The molecule has 0 amide bonds. The van der Waals surface area contributed by atoms with Gasteiger partial charge in [-0.25, -0.2) is 4.79 Å². The third-order valence-electron chi connectivity index (χ3n) is 3.32. The second-order valence-corrected chi connectivity index (χ2v) is 5.67. The first kappa shape index (κ1) is 13.6. The van der Waals surface area contributed by atoms with E-state index in [-0.39, 0.29) is 5.97 Å². The van der Waals surface area contributed by atoms with E-state index in [9.17, 15) is 4.79 Å². The van der Waals surface area contributed by atoms with Gasteiger partial charge in [-0.3, -0.25) is 0 Å². The van der Waals surface area contributed by atoms with Crippen molar-refractivity contribution in [1.82, 2.24) is 0 Å². The van der Waals surface area contributed by atoms with Crippen LogP contribution in [-0.4, -0.2) is 20.2 Å². The maximum atomic E-state index is 11.6. The molecule has 106 valence electrons. The molecule has 0 radical (unpaired) electrons. The minimum absolute atomic E-state index is 0.309. The number of benzene rings is 2. The standard InChI is InChI=1S/C17H14O3S/c1-19-14-7-5-11(6-8-14)15-9-12-3-4-13(17(18)20-2)10-16(12)21-15/h3-10H,1-2H3. The smallest absolute Gasteiger partial charge is 0.337 e. The number of methoxy groups -OCH3 is 2. The first-order chi connectivity index (χ1) is 10.2. The maximum absolute atomic E-state index is 11.6. The van der Waals surface area contributed by atoms with Crippen LogP contribution < -0.4 is 4.74 Å². The second kappa shape index (κ2) is 5.58. The fourth-order valence-electron chi connectivity index (χ4n) is 2.17. The van der Waals surface area contributed by atoms with Crippen molar-refractivity contribution in [1.29, 1.82) is 0 Å². The number of carbonyl (C=O) groups excluding carboxylic acids is 1. The van der Waals surface area contributed by atoms with Crippen molar-refractivity contribution >= 4 is 27.4 Å². The summed E-state index contributed by atoms with van der Waals surface area (Å²) in [6.07, 6.45) is 0. The number of fused-ring (bicyclic) bond motifs is 1. The fraction of sp³-hybridized carbons (Fsp3) is 0.118. The SMILES string of the molecule is COC(=O)c1ccc2cc(-c3ccc(OC)cc3)sc2c1. The van der Waals surface area contributed by atoms with Gasteiger partial charge in [-0.1, -0.05) is 6.07 Å². The highest BCUT2D eigenvalue weighted by atomic mass is 32.1. The Balaban J connectivity index is 2.01. The summed E-state index contributed by atoms with van der Waals surface area (Å²) in [5.74, 6) is 0.532. The number of rotatable bonds is 3. The van der Waals surface area contributed by atoms with Crippen LogP contribution in [0.15, 0.2) is 48.5 Å². The van der Waals surface area contributed by atoms with Crippen LogP contribution in [0.3, 0.4) is 0 Å². The van der Waals surface area contributed by atoms with E-state index < -0.39 is 0 Å². The lowest BCUT2D eigenvalue weighted by atomic mass is 10.1. The molecule has 0 saturated heterocycles. The summed E-state index contributed by atoms with van der Waals surface area (Å²) in [5, 5.41) is 1.12. The predicted molar refractivity (Wildman–Crippen MR) is 85.2 cm³/mol. The Morgan fingerprint density at radius 2 is 1.76 bits per heavy atom. The van der Waals surface area contributed by atoms with Crippen molar-refractivity contribution in [2.24, 2.45) is 0 Å². The minimum atomic E-state index is -0.309. The topological polar surface area (TPSA) is 35.5 Å². The fourth-order valence-corrected chi connectivity index (χ4v) is 3.28. The number of carbonyl (C=O) groups is 1. The summed E-state index contributed by atoms with van der Waals surface area (Å²) in [6.45, 7) is 0. The Labute approximate surface area is 126 Å². The van der Waals surface area contributed by atoms with E-state index in [1.165, 1.54) is 7.11 Å². The quantitative estimate of drug-likeness (QED) is 0.674. The maximum Gasteiger partial charge on any atom is 0.337 e. The number of ether oxygens (including phenoxy) is 2. The number of hydrogen-bond donors (Lipinski definition) is 0. The van der Waals surface area contributed by atoms with Gasteiger partial charge in [-0.05, 0) is 53.4 Å². The summed E-state index contributed by atoms with van der Waals surface area (Å²) in [7, 11) is 3.05. The highest BCUT2D eigenvalue weighted by Crippen LogP contribution is 2.34. The van der Waals surface area contributed by atoms with Crippen molar-refractivity contribution in [2.45, 2.75) is 0 Å². The van der Waals surface area contributed by atoms with E-state index in [2.05, 4.69) is 6.07 Å². The molecule has 21 heavy (non-hydrogen) atoms. The third kappa shape index (κ3) is 2.62. The van der Waals surface area contributed by atoms with Gasteiger partial charge in [0.25, 0.3) is 0 Å². The number of thiophene rings is 1. The monoisotopic (exact) mass is 298 g/mol. The Morgan fingerprint density at radius 1 is 1.00 bits per heavy atom. The molecule has 0 aliphatic rings. The molecule has 0 aliphatic carbocycles. The zero-order chi connectivity index (χ0) is 14.8. The van der Waals surface area contributed by atoms with Crippen LogP contribution in [0.2, 0.25) is 0 Å². The van der Waals surface area contributed by atoms with Gasteiger partial charge in [0, 0.05) is 9.58 Å². The van der Waals surface area contributed by atoms with Crippen LogP contribution in [0, 0.1) is 0 Å². The lowest BCUT2D eigenvalue weighted by molar-refractivity contribution is 0.0601. The van der Waals surface area contributed by atoms with Crippen molar-refractivity contribution in [2.75, 3.05) is 14.2 Å². The average Bonchev–Trinajstić information content (AvgIpc) is 2.97. The molecule has 0 spiro atoms. The van der Waals surface area contributed by atoms with Crippen LogP contribution in [0.25, 0.3) is 20.5 Å². The molecule has 4 heteroatoms. The lowest BCUT2D eigenvalue weighted by Crippen LogP contribution is -1.99. The summed E-state index contributed by atoms with van der Waals surface area (Å²) in [4.78, 5) is 12.7. The first-order valence-electron chi connectivity index (χ1n) is 6.47. The largest absolute Gasteiger partial charge is 0.497 e. The second-order valence-electron chi connectivity index (χ2n) is 4.58. The molecule has 0 bridgehead atoms.